The van der Waals surface area contributed by atoms with Crippen LogP contribution >= 0.6 is 0 Å². The second-order valence-electron chi connectivity index (χ2n) is 5.00. The van der Waals surface area contributed by atoms with Crippen LogP contribution in [0.1, 0.15) is 37.6 Å². The standard InChI is InChI=1S/C14H19NO4/c1-8(2)14-17-6-11-5-15-9(3)13(19-10(4)16)12(11)7-18-14/h5,8,14H,6-7H2,1-4H3. The first kappa shape index (κ1) is 14.0. The van der Waals surface area contributed by atoms with Gasteiger partial charge in [0.15, 0.2) is 12.0 Å². The van der Waals surface area contributed by atoms with E-state index in [9.17, 15) is 4.79 Å². The van der Waals surface area contributed by atoms with Gasteiger partial charge in [-0.1, -0.05) is 13.8 Å². The Morgan fingerprint density at radius 2 is 2.11 bits per heavy atom. The lowest BCUT2D eigenvalue weighted by Crippen LogP contribution is -2.21. The van der Waals surface area contributed by atoms with E-state index in [2.05, 4.69) is 4.98 Å². The third kappa shape index (κ3) is 3.11. The van der Waals surface area contributed by atoms with Gasteiger partial charge in [0.05, 0.1) is 18.9 Å². The van der Waals surface area contributed by atoms with E-state index in [0.29, 0.717) is 24.7 Å². The molecule has 0 aromatic carbocycles. The highest BCUT2D eigenvalue weighted by Gasteiger charge is 2.24. The largest absolute Gasteiger partial charge is 0.424 e. The van der Waals surface area contributed by atoms with Crippen LogP contribution in [0.15, 0.2) is 6.20 Å². The Hall–Kier alpha value is -1.46. The number of carbonyl (C=O) groups is 1. The first-order valence-electron chi connectivity index (χ1n) is 6.38. The molecule has 1 unspecified atom stereocenters. The van der Waals surface area contributed by atoms with Crippen molar-refractivity contribution in [3.05, 3.63) is 23.0 Å². The van der Waals surface area contributed by atoms with Gasteiger partial charge in [0.2, 0.25) is 0 Å². The summed E-state index contributed by atoms with van der Waals surface area (Å²) >= 11 is 0. The van der Waals surface area contributed by atoms with Crippen LogP contribution in [-0.2, 0) is 27.5 Å². The number of rotatable bonds is 2. The van der Waals surface area contributed by atoms with Gasteiger partial charge in [0.1, 0.15) is 0 Å². The zero-order valence-electron chi connectivity index (χ0n) is 11.7. The summed E-state index contributed by atoms with van der Waals surface area (Å²) in [5, 5.41) is 0. The Labute approximate surface area is 112 Å². The Balaban J connectivity index is 2.33. The molecule has 0 bridgehead atoms. The topological polar surface area (TPSA) is 57.7 Å². The predicted octanol–water partition coefficient (Wildman–Crippen LogP) is 2.34. The van der Waals surface area contributed by atoms with Gasteiger partial charge in [-0.2, -0.15) is 0 Å². The lowest BCUT2D eigenvalue weighted by atomic mass is 10.1. The van der Waals surface area contributed by atoms with Crippen LogP contribution in [0, 0.1) is 12.8 Å². The summed E-state index contributed by atoms with van der Waals surface area (Å²) < 4.78 is 16.7. The summed E-state index contributed by atoms with van der Waals surface area (Å²) in [7, 11) is 0. The first-order valence-corrected chi connectivity index (χ1v) is 6.38. The smallest absolute Gasteiger partial charge is 0.308 e. The fourth-order valence-electron chi connectivity index (χ4n) is 2.01. The number of esters is 1. The molecule has 2 heterocycles. The van der Waals surface area contributed by atoms with Crippen molar-refractivity contribution in [2.24, 2.45) is 5.92 Å². The quantitative estimate of drug-likeness (QED) is 0.768. The molecule has 0 fully saturated rings. The number of hydrogen-bond donors (Lipinski definition) is 0. The van der Waals surface area contributed by atoms with Crippen molar-refractivity contribution in [2.75, 3.05) is 0 Å². The summed E-state index contributed by atoms with van der Waals surface area (Å²) in [4.78, 5) is 15.4. The van der Waals surface area contributed by atoms with E-state index in [1.54, 1.807) is 6.20 Å². The monoisotopic (exact) mass is 265 g/mol. The van der Waals surface area contributed by atoms with E-state index in [-0.39, 0.29) is 18.2 Å². The number of fused-ring (bicyclic) bond motifs is 1. The number of ether oxygens (including phenoxy) is 3. The molecule has 5 heteroatoms. The summed E-state index contributed by atoms with van der Waals surface area (Å²) in [5.74, 6) is 0.405. The molecule has 5 nitrogen and oxygen atoms in total. The highest BCUT2D eigenvalue weighted by molar-refractivity contribution is 5.70. The second-order valence-corrected chi connectivity index (χ2v) is 5.00. The Morgan fingerprint density at radius 1 is 1.42 bits per heavy atom. The van der Waals surface area contributed by atoms with Crippen LogP contribution in [0.25, 0.3) is 0 Å². The SMILES string of the molecule is CC(=O)Oc1c(C)ncc2c1COC(C(C)C)OC2. The van der Waals surface area contributed by atoms with E-state index < -0.39 is 0 Å². The van der Waals surface area contributed by atoms with Crippen molar-refractivity contribution < 1.29 is 19.0 Å². The highest BCUT2D eigenvalue weighted by Crippen LogP contribution is 2.30. The lowest BCUT2D eigenvalue weighted by Gasteiger charge is -2.18. The van der Waals surface area contributed by atoms with Crippen LogP contribution in [0.2, 0.25) is 0 Å². The van der Waals surface area contributed by atoms with Crippen molar-refractivity contribution in [2.45, 2.75) is 47.2 Å². The van der Waals surface area contributed by atoms with E-state index in [1.165, 1.54) is 6.92 Å². The molecule has 1 aliphatic heterocycles. The molecule has 1 atom stereocenters. The van der Waals surface area contributed by atoms with Crippen LogP contribution in [0.4, 0.5) is 0 Å². The van der Waals surface area contributed by atoms with Crippen LogP contribution in [-0.4, -0.2) is 17.2 Å². The number of aromatic nitrogens is 1. The third-order valence-electron chi connectivity index (χ3n) is 2.99. The van der Waals surface area contributed by atoms with Crippen molar-refractivity contribution in [1.82, 2.24) is 4.98 Å². The number of carbonyl (C=O) groups excluding carboxylic acids is 1. The third-order valence-corrected chi connectivity index (χ3v) is 2.99. The van der Waals surface area contributed by atoms with Gasteiger partial charge >= 0.3 is 5.97 Å². The van der Waals surface area contributed by atoms with Crippen molar-refractivity contribution in [1.29, 1.82) is 0 Å². The summed E-state index contributed by atoms with van der Waals surface area (Å²) in [6.45, 7) is 8.05. The molecule has 104 valence electrons. The molecular formula is C14H19NO4. The lowest BCUT2D eigenvalue weighted by molar-refractivity contribution is -0.172. The molecular weight excluding hydrogens is 246 g/mol. The number of hydrogen-bond acceptors (Lipinski definition) is 5. The van der Waals surface area contributed by atoms with Crippen LogP contribution in [0.3, 0.4) is 0 Å². The van der Waals surface area contributed by atoms with Gasteiger partial charge in [0, 0.05) is 30.2 Å². The van der Waals surface area contributed by atoms with Crippen molar-refractivity contribution in [3.8, 4) is 5.75 Å². The van der Waals surface area contributed by atoms with Gasteiger partial charge in [-0.05, 0) is 6.92 Å². The zero-order valence-corrected chi connectivity index (χ0v) is 11.7. The van der Waals surface area contributed by atoms with E-state index in [1.807, 2.05) is 20.8 Å². The average molecular weight is 265 g/mol. The Kier molecular flexibility index (Phi) is 4.17. The molecule has 1 aromatic heterocycles. The van der Waals surface area contributed by atoms with Gasteiger partial charge in [-0.15, -0.1) is 0 Å². The van der Waals surface area contributed by atoms with Crippen molar-refractivity contribution in [3.63, 3.8) is 0 Å². The summed E-state index contributed by atoms with van der Waals surface area (Å²) in [6, 6.07) is 0. The Morgan fingerprint density at radius 3 is 2.74 bits per heavy atom. The minimum atomic E-state index is -0.358. The van der Waals surface area contributed by atoms with E-state index in [0.717, 1.165) is 11.1 Å². The summed E-state index contributed by atoms with van der Waals surface area (Å²) in [5.41, 5.74) is 2.44. The van der Waals surface area contributed by atoms with Gasteiger partial charge in [0.25, 0.3) is 0 Å². The number of pyridine rings is 1. The molecule has 19 heavy (non-hydrogen) atoms. The molecule has 0 N–H and O–H groups in total. The van der Waals surface area contributed by atoms with Gasteiger partial charge < -0.3 is 14.2 Å². The minimum absolute atomic E-state index is 0.252. The normalized spacial score (nSPS) is 18.9. The fourth-order valence-corrected chi connectivity index (χ4v) is 2.01. The molecule has 0 saturated carbocycles. The van der Waals surface area contributed by atoms with Crippen molar-refractivity contribution >= 4 is 5.97 Å². The highest BCUT2D eigenvalue weighted by atomic mass is 16.7. The van der Waals surface area contributed by atoms with Crippen LogP contribution < -0.4 is 4.74 Å². The molecule has 1 aromatic rings. The predicted molar refractivity (Wildman–Crippen MR) is 68.5 cm³/mol. The second kappa shape index (κ2) is 5.67. The molecule has 2 rings (SSSR count). The van der Waals surface area contributed by atoms with Crippen LogP contribution in [0.5, 0.6) is 5.75 Å². The molecule has 0 spiro atoms. The maximum Gasteiger partial charge on any atom is 0.308 e. The summed E-state index contributed by atoms with van der Waals surface area (Å²) in [6.07, 6.45) is 1.50. The van der Waals surface area contributed by atoms with E-state index >= 15 is 0 Å². The molecule has 1 aliphatic rings. The molecule has 0 amide bonds. The maximum absolute atomic E-state index is 11.2. The number of aryl methyl sites for hydroxylation is 1. The molecule has 0 saturated heterocycles. The molecule has 0 radical (unpaired) electrons. The van der Waals surface area contributed by atoms with Gasteiger partial charge in [-0.3, -0.25) is 9.78 Å². The molecule has 0 aliphatic carbocycles. The minimum Gasteiger partial charge on any atom is -0.424 e. The zero-order chi connectivity index (χ0) is 14.0. The number of nitrogens with zero attached hydrogens (tertiary/aromatic N) is 1. The van der Waals surface area contributed by atoms with Gasteiger partial charge in [-0.25, -0.2) is 0 Å². The van der Waals surface area contributed by atoms with E-state index in [4.69, 9.17) is 14.2 Å². The Bertz CT molecular complexity index is 485. The fraction of sp³-hybridized carbons (Fsp3) is 0.571. The first-order chi connectivity index (χ1) is 8.99. The maximum atomic E-state index is 11.2. The average Bonchev–Trinajstić information content (AvgIpc) is 2.55.